The van der Waals surface area contributed by atoms with Gasteiger partial charge in [0.15, 0.2) is 0 Å². The molecule has 0 fully saturated rings. The molecule has 0 bridgehead atoms. The highest BCUT2D eigenvalue weighted by molar-refractivity contribution is 6.32. The molecule has 4 rings (SSSR count). The number of hydrogen-bond donors (Lipinski definition) is 4. The van der Waals surface area contributed by atoms with E-state index in [1.807, 2.05) is 6.92 Å². The molecule has 10 nitrogen and oxygen atoms in total. The lowest BCUT2D eigenvalue weighted by atomic mass is 10.2. The summed E-state index contributed by atoms with van der Waals surface area (Å²) in [5.74, 6) is 0.359. The van der Waals surface area contributed by atoms with Gasteiger partial charge in [-0.25, -0.2) is 14.4 Å². The maximum atomic E-state index is 13.9. The average molecular weight is 579 g/mol. The van der Waals surface area contributed by atoms with Gasteiger partial charge in [-0.1, -0.05) is 11.6 Å². The Morgan fingerprint density at radius 1 is 1.02 bits per heavy atom. The Balaban J connectivity index is 1.50. The van der Waals surface area contributed by atoms with E-state index in [4.69, 9.17) is 26.8 Å². The molecule has 1 unspecified atom stereocenters. The van der Waals surface area contributed by atoms with Crippen LogP contribution in [0, 0.1) is 5.82 Å². The number of hydrogen-bond acceptors (Lipinski definition) is 8. The minimum absolute atomic E-state index is 0.193. The van der Waals surface area contributed by atoms with Gasteiger partial charge in [0.25, 0.3) is 5.91 Å². The maximum Gasteiger partial charge on any atom is 0.259 e. The van der Waals surface area contributed by atoms with Crippen LogP contribution in [-0.4, -0.2) is 34.4 Å². The molecule has 2 amide bonds. The van der Waals surface area contributed by atoms with E-state index < -0.39 is 11.7 Å². The SMILES string of the molecule is CC(=O)Nc1cc(Oc2ccc(Nc3ncccc3C(=O)Nc3ccc(F)cc3OC(C)CCN)cc2Cl)ccn1. The van der Waals surface area contributed by atoms with Crippen molar-refractivity contribution in [3.05, 3.63) is 89.5 Å². The molecule has 5 N–H and O–H groups in total. The van der Waals surface area contributed by atoms with Crippen molar-refractivity contribution in [2.75, 3.05) is 22.5 Å². The standard InChI is InChI=1S/C29H28ClFN6O4/c1-17(9-11-32)40-26-14-19(31)5-7-24(26)37-29(39)22-4-3-12-34-28(22)36-20-6-8-25(23(30)15-20)41-21-10-13-33-27(16-21)35-18(2)38/h3-8,10,12-17H,9,11,32H2,1-2H3,(H,34,36)(H,37,39)(H,33,35,38). The van der Waals surface area contributed by atoms with E-state index in [-0.39, 0.29) is 34.2 Å². The Kier molecular flexibility index (Phi) is 9.67. The van der Waals surface area contributed by atoms with Gasteiger partial charge < -0.3 is 31.2 Å². The number of nitrogens with zero attached hydrogens (tertiary/aromatic N) is 2. The third-order valence-electron chi connectivity index (χ3n) is 5.60. The van der Waals surface area contributed by atoms with Gasteiger partial charge in [0.1, 0.15) is 34.7 Å². The second-order valence-corrected chi connectivity index (χ2v) is 9.34. The Morgan fingerprint density at radius 2 is 1.85 bits per heavy atom. The number of rotatable bonds is 11. The summed E-state index contributed by atoms with van der Waals surface area (Å²) in [7, 11) is 0. The predicted octanol–water partition coefficient (Wildman–Crippen LogP) is 6.13. The number of carbonyl (C=O) groups is 2. The molecule has 0 aliphatic carbocycles. The zero-order chi connectivity index (χ0) is 29.4. The fraction of sp³-hybridized carbons (Fsp3) is 0.172. The van der Waals surface area contributed by atoms with Gasteiger partial charge in [0, 0.05) is 37.1 Å². The van der Waals surface area contributed by atoms with Gasteiger partial charge in [-0.15, -0.1) is 0 Å². The lowest BCUT2D eigenvalue weighted by Gasteiger charge is -2.18. The number of nitrogens with two attached hydrogens (primary N) is 1. The maximum absolute atomic E-state index is 13.9. The second kappa shape index (κ2) is 13.6. The van der Waals surface area contributed by atoms with E-state index in [0.29, 0.717) is 41.7 Å². The van der Waals surface area contributed by atoms with Crippen LogP contribution in [0.1, 0.15) is 30.6 Å². The largest absolute Gasteiger partial charge is 0.488 e. The highest BCUT2D eigenvalue weighted by Gasteiger charge is 2.17. The Bertz CT molecular complexity index is 1550. The lowest BCUT2D eigenvalue weighted by molar-refractivity contribution is -0.114. The van der Waals surface area contributed by atoms with Gasteiger partial charge >= 0.3 is 0 Å². The van der Waals surface area contributed by atoms with Crippen molar-refractivity contribution in [2.24, 2.45) is 5.73 Å². The first-order valence-corrected chi connectivity index (χ1v) is 13.0. The molecule has 0 spiro atoms. The first-order chi connectivity index (χ1) is 19.7. The normalized spacial score (nSPS) is 11.3. The number of halogens is 2. The van der Waals surface area contributed by atoms with E-state index in [1.165, 1.54) is 37.5 Å². The Morgan fingerprint density at radius 3 is 2.61 bits per heavy atom. The number of ether oxygens (including phenoxy) is 2. The molecule has 41 heavy (non-hydrogen) atoms. The summed E-state index contributed by atoms with van der Waals surface area (Å²) in [6.07, 6.45) is 3.32. The van der Waals surface area contributed by atoms with Crippen molar-refractivity contribution in [2.45, 2.75) is 26.4 Å². The molecule has 2 aromatic heterocycles. The summed E-state index contributed by atoms with van der Waals surface area (Å²) in [4.78, 5) is 32.9. The lowest BCUT2D eigenvalue weighted by Crippen LogP contribution is -2.19. The van der Waals surface area contributed by atoms with Gasteiger partial charge in [0.05, 0.1) is 22.4 Å². The molecule has 1 atom stereocenters. The zero-order valence-electron chi connectivity index (χ0n) is 22.3. The fourth-order valence-electron chi connectivity index (χ4n) is 3.73. The van der Waals surface area contributed by atoms with Crippen molar-refractivity contribution < 1.29 is 23.5 Å². The van der Waals surface area contributed by atoms with E-state index >= 15 is 0 Å². The summed E-state index contributed by atoms with van der Waals surface area (Å²) in [5, 5.41) is 8.75. The fourth-order valence-corrected chi connectivity index (χ4v) is 3.95. The van der Waals surface area contributed by atoms with Gasteiger partial charge in [-0.3, -0.25) is 9.59 Å². The van der Waals surface area contributed by atoms with Crippen molar-refractivity contribution in [1.82, 2.24) is 9.97 Å². The number of carbonyl (C=O) groups excluding carboxylic acids is 2. The monoisotopic (exact) mass is 578 g/mol. The molecule has 12 heteroatoms. The minimum Gasteiger partial charge on any atom is -0.488 e. The van der Waals surface area contributed by atoms with Crippen molar-refractivity contribution in [3.8, 4) is 17.2 Å². The van der Waals surface area contributed by atoms with Crippen LogP contribution in [0.15, 0.2) is 73.1 Å². The molecule has 2 aromatic carbocycles. The molecule has 0 aliphatic heterocycles. The molecular weight excluding hydrogens is 551 g/mol. The Labute approximate surface area is 241 Å². The zero-order valence-corrected chi connectivity index (χ0v) is 23.0. The van der Waals surface area contributed by atoms with E-state index in [0.717, 1.165) is 0 Å². The first kappa shape index (κ1) is 29.2. The van der Waals surface area contributed by atoms with Crippen molar-refractivity contribution in [3.63, 3.8) is 0 Å². The minimum atomic E-state index is -0.497. The number of anilines is 4. The Hall–Kier alpha value is -4.74. The molecule has 0 radical (unpaired) electrons. The van der Waals surface area contributed by atoms with Gasteiger partial charge in [-0.2, -0.15) is 0 Å². The van der Waals surface area contributed by atoms with E-state index in [2.05, 4.69) is 25.9 Å². The third kappa shape index (κ3) is 8.13. The van der Waals surface area contributed by atoms with Crippen molar-refractivity contribution in [1.29, 1.82) is 0 Å². The van der Waals surface area contributed by atoms with Crippen molar-refractivity contribution >= 4 is 46.4 Å². The van der Waals surface area contributed by atoms with Crippen LogP contribution in [0.5, 0.6) is 17.2 Å². The number of aromatic nitrogens is 2. The molecule has 4 aromatic rings. The number of pyridine rings is 2. The predicted molar refractivity (Wildman–Crippen MR) is 156 cm³/mol. The smallest absolute Gasteiger partial charge is 0.259 e. The summed E-state index contributed by atoms with van der Waals surface area (Å²) in [6.45, 7) is 3.60. The molecule has 0 saturated carbocycles. The van der Waals surface area contributed by atoms with E-state index in [1.54, 1.807) is 42.5 Å². The highest BCUT2D eigenvalue weighted by Crippen LogP contribution is 2.34. The summed E-state index contributed by atoms with van der Waals surface area (Å²) in [6, 6.07) is 15.3. The quantitative estimate of drug-likeness (QED) is 0.166. The topological polar surface area (TPSA) is 140 Å². The second-order valence-electron chi connectivity index (χ2n) is 8.93. The summed E-state index contributed by atoms with van der Waals surface area (Å²) < 4.78 is 25.6. The van der Waals surface area contributed by atoms with Crippen LogP contribution in [0.25, 0.3) is 0 Å². The number of benzene rings is 2. The molecule has 0 aliphatic rings. The summed E-state index contributed by atoms with van der Waals surface area (Å²) >= 11 is 6.47. The summed E-state index contributed by atoms with van der Waals surface area (Å²) in [5.41, 5.74) is 6.67. The molecular formula is C29H28ClFN6O4. The van der Waals surface area contributed by atoms with Crippen LogP contribution in [0.3, 0.4) is 0 Å². The third-order valence-corrected chi connectivity index (χ3v) is 5.90. The van der Waals surface area contributed by atoms with Gasteiger partial charge in [-0.05, 0) is 68.4 Å². The first-order valence-electron chi connectivity index (χ1n) is 12.6. The molecule has 0 saturated heterocycles. The van der Waals surface area contributed by atoms with Crippen LogP contribution in [0.4, 0.5) is 27.4 Å². The molecule has 212 valence electrons. The van der Waals surface area contributed by atoms with Crippen LogP contribution < -0.4 is 31.2 Å². The van der Waals surface area contributed by atoms with Crippen LogP contribution >= 0.6 is 11.6 Å². The van der Waals surface area contributed by atoms with E-state index in [9.17, 15) is 14.0 Å². The van der Waals surface area contributed by atoms with Crippen LogP contribution in [0.2, 0.25) is 5.02 Å². The average Bonchev–Trinajstić information content (AvgIpc) is 2.92. The number of amides is 2. The molecule has 2 heterocycles. The van der Waals surface area contributed by atoms with Crippen LogP contribution in [-0.2, 0) is 4.79 Å². The highest BCUT2D eigenvalue weighted by atomic mass is 35.5. The van der Waals surface area contributed by atoms with Gasteiger partial charge in [0.2, 0.25) is 5.91 Å². The number of nitrogens with one attached hydrogen (secondary N) is 3.